The van der Waals surface area contributed by atoms with Crippen molar-refractivity contribution in [3.05, 3.63) is 86.7 Å². The molecule has 2 aliphatic rings. The molecule has 0 spiro atoms. The van der Waals surface area contributed by atoms with Crippen molar-refractivity contribution in [2.24, 2.45) is 0 Å². The molecule has 0 amide bonds. The van der Waals surface area contributed by atoms with Gasteiger partial charge in [-0.05, 0) is 60.6 Å². The number of anilines is 1. The molecule has 3 aromatic rings. The minimum atomic E-state index is -0.583. The summed E-state index contributed by atoms with van der Waals surface area (Å²) in [5, 5.41) is 0.618. The number of halogens is 1. The molecule has 1 saturated carbocycles. The maximum Gasteiger partial charge on any atom is 0.271 e. The first kappa shape index (κ1) is 24.6. The lowest BCUT2D eigenvalue weighted by molar-refractivity contribution is 0.103. The first-order valence-corrected chi connectivity index (χ1v) is 12.5. The molecular weight excluding hydrogens is 465 g/mol. The highest BCUT2D eigenvalue weighted by atomic mass is 32.1. The van der Waals surface area contributed by atoms with Crippen LogP contribution in [0.1, 0.15) is 66.2 Å². The molecule has 0 bridgehead atoms. The van der Waals surface area contributed by atoms with Crippen LogP contribution in [0.25, 0.3) is 11.6 Å². The van der Waals surface area contributed by atoms with E-state index >= 15 is 4.39 Å². The smallest absolute Gasteiger partial charge is 0.271 e. The van der Waals surface area contributed by atoms with Crippen molar-refractivity contribution in [2.45, 2.75) is 46.2 Å². The van der Waals surface area contributed by atoms with Gasteiger partial charge in [-0.15, -0.1) is 0 Å². The monoisotopic (exact) mass is 493 g/mol. The van der Waals surface area contributed by atoms with Gasteiger partial charge in [-0.2, -0.15) is 0 Å². The van der Waals surface area contributed by atoms with Crippen LogP contribution in [0.4, 0.5) is 9.39 Å². The number of ether oxygens (including phenoxy) is 1. The highest BCUT2D eigenvalue weighted by Gasteiger charge is 2.39. The minimum Gasteiger partial charge on any atom is -0.496 e. The van der Waals surface area contributed by atoms with Crippen molar-refractivity contribution in [3.63, 3.8) is 0 Å². The first-order valence-electron chi connectivity index (χ1n) is 11.7. The fraction of sp³-hybridized carbons (Fsp3) is 0.296. The molecule has 1 fully saturated rings. The summed E-state index contributed by atoms with van der Waals surface area (Å²) in [6.07, 6.45) is 10.8. The van der Waals surface area contributed by atoms with Gasteiger partial charge in [0, 0.05) is 36.1 Å². The van der Waals surface area contributed by atoms with E-state index in [0.29, 0.717) is 28.4 Å². The SMILES string of the molecule is C/C=C\C(=C/c1cccnc1)c1c(F)cc2c(c1OC)CN(C1CC1)c1s[nH]c(=O)c1C2=O.CC. The van der Waals surface area contributed by atoms with E-state index in [1.54, 1.807) is 18.5 Å². The van der Waals surface area contributed by atoms with E-state index in [9.17, 15) is 9.59 Å². The number of carbonyl (C=O) groups excluding carboxylic acids is 1. The number of aromatic amines is 1. The number of methoxy groups -OCH3 is 1. The molecule has 1 aliphatic heterocycles. The van der Waals surface area contributed by atoms with Gasteiger partial charge in [0.25, 0.3) is 5.56 Å². The average Bonchev–Trinajstić information content (AvgIpc) is 3.66. The van der Waals surface area contributed by atoms with Gasteiger partial charge in [0.2, 0.25) is 5.78 Å². The van der Waals surface area contributed by atoms with Crippen LogP contribution >= 0.6 is 11.5 Å². The van der Waals surface area contributed by atoms with E-state index in [2.05, 4.69) is 14.3 Å². The number of hydrogen-bond acceptors (Lipinski definition) is 6. The molecule has 0 unspecified atom stereocenters. The molecule has 0 atom stereocenters. The first-order chi connectivity index (χ1) is 17.0. The normalized spacial score (nSPS) is 15.3. The molecule has 1 aromatic carbocycles. The van der Waals surface area contributed by atoms with Crippen LogP contribution in [-0.4, -0.2) is 28.3 Å². The highest BCUT2D eigenvalue weighted by Crippen LogP contribution is 2.44. The zero-order valence-corrected chi connectivity index (χ0v) is 21.0. The number of H-pyrrole nitrogens is 1. The van der Waals surface area contributed by atoms with Gasteiger partial charge in [-0.1, -0.05) is 32.1 Å². The molecule has 0 saturated heterocycles. The van der Waals surface area contributed by atoms with Gasteiger partial charge < -0.3 is 9.64 Å². The zero-order valence-electron chi connectivity index (χ0n) is 20.2. The Morgan fingerprint density at radius 2 is 2.09 bits per heavy atom. The van der Waals surface area contributed by atoms with E-state index < -0.39 is 17.2 Å². The van der Waals surface area contributed by atoms with Crippen molar-refractivity contribution in [1.82, 2.24) is 9.36 Å². The zero-order chi connectivity index (χ0) is 25.1. The van der Waals surface area contributed by atoms with Crippen LogP contribution in [0.5, 0.6) is 5.75 Å². The molecule has 1 N–H and O–H groups in total. The molecule has 5 rings (SSSR count). The van der Waals surface area contributed by atoms with E-state index in [1.807, 2.05) is 45.1 Å². The fourth-order valence-electron chi connectivity index (χ4n) is 4.30. The Kier molecular flexibility index (Phi) is 7.31. The largest absolute Gasteiger partial charge is 0.496 e. The number of carbonyl (C=O) groups is 1. The van der Waals surface area contributed by atoms with Crippen molar-refractivity contribution in [1.29, 1.82) is 0 Å². The number of benzene rings is 1. The van der Waals surface area contributed by atoms with Gasteiger partial charge in [0.15, 0.2) is 0 Å². The third-order valence-corrected chi connectivity index (χ3v) is 6.83. The van der Waals surface area contributed by atoms with Gasteiger partial charge in [-0.25, -0.2) is 4.39 Å². The fourth-order valence-corrected chi connectivity index (χ4v) is 5.21. The van der Waals surface area contributed by atoms with E-state index in [1.165, 1.54) is 13.2 Å². The highest BCUT2D eigenvalue weighted by molar-refractivity contribution is 7.10. The van der Waals surface area contributed by atoms with Crippen LogP contribution in [0, 0.1) is 5.82 Å². The Bertz CT molecular complexity index is 1350. The molecular formula is C27H28FN3O3S. The number of nitrogens with one attached hydrogen (secondary N) is 1. The van der Waals surface area contributed by atoms with E-state index in [0.717, 1.165) is 29.9 Å². The molecule has 182 valence electrons. The van der Waals surface area contributed by atoms with Crippen molar-refractivity contribution in [2.75, 3.05) is 12.0 Å². The number of allylic oxidation sites excluding steroid dienone is 3. The number of ketones is 1. The van der Waals surface area contributed by atoms with Crippen molar-refractivity contribution < 1.29 is 13.9 Å². The number of rotatable bonds is 5. The number of fused-ring (bicyclic) bond motifs is 2. The van der Waals surface area contributed by atoms with Crippen LogP contribution in [0.15, 0.2) is 47.5 Å². The van der Waals surface area contributed by atoms with E-state index in [4.69, 9.17) is 4.74 Å². The summed E-state index contributed by atoms with van der Waals surface area (Å²) in [5.74, 6) is -0.748. The Labute approximate surface area is 207 Å². The molecule has 3 heterocycles. The lowest BCUT2D eigenvalue weighted by Gasteiger charge is -2.24. The Balaban J connectivity index is 0.00000141. The summed E-state index contributed by atoms with van der Waals surface area (Å²) < 4.78 is 24.1. The Hall–Kier alpha value is -3.52. The lowest BCUT2D eigenvalue weighted by Crippen LogP contribution is -2.25. The molecule has 8 heteroatoms. The molecule has 1 aliphatic carbocycles. The lowest BCUT2D eigenvalue weighted by atomic mass is 9.92. The number of pyridine rings is 1. The molecule has 0 radical (unpaired) electrons. The van der Waals surface area contributed by atoms with Crippen LogP contribution in [-0.2, 0) is 6.54 Å². The average molecular weight is 494 g/mol. The second kappa shape index (κ2) is 10.4. The van der Waals surface area contributed by atoms with Crippen molar-refractivity contribution in [3.8, 4) is 5.75 Å². The van der Waals surface area contributed by atoms with Crippen LogP contribution in [0.2, 0.25) is 0 Å². The van der Waals surface area contributed by atoms with E-state index in [-0.39, 0.29) is 22.7 Å². The number of hydrogen-bond donors (Lipinski definition) is 1. The molecule has 35 heavy (non-hydrogen) atoms. The van der Waals surface area contributed by atoms with Crippen molar-refractivity contribution >= 4 is 34.0 Å². The maximum absolute atomic E-state index is 15.7. The second-order valence-electron chi connectivity index (χ2n) is 8.08. The van der Waals surface area contributed by atoms with Gasteiger partial charge in [0.05, 0.1) is 12.7 Å². The van der Waals surface area contributed by atoms with Crippen LogP contribution < -0.4 is 15.2 Å². The third kappa shape index (κ3) is 4.58. The summed E-state index contributed by atoms with van der Waals surface area (Å²) in [7, 11) is 1.48. The number of nitrogens with zero attached hydrogens (tertiary/aromatic N) is 2. The third-order valence-electron chi connectivity index (χ3n) is 5.91. The van der Waals surface area contributed by atoms with Gasteiger partial charge in [0.1, 0.15) is 22.1 Å². The quantitative estimate of drug-likeness (QED) is 0.452. The van der Waals surface area contributed by atoms with Gasteiger partial charge >= 0.3 is 0 Å². The minimum absolute atomic E-state index is 0.0828. The summed E-state index contributed by atoms with van der Waals surface area (Å²) in [5.41, 5.74) is 2.10. The predicted molar refractivity (Wildman–Crippen MR) is 139 cm³/mol. The van der Waals surface area contributed by atoms with Crippen LogP contribution in [0.3, 0.4) is 0 Å². The summed E-state index contributed by atoms with van der Waals surface area (Å²) in [6, 6.07) is 5.18. The topological polar surface area (TPSA) is 75.3 Å². The Morgan fingerprint density at radius 3 is 2.71 bits per heavy atom. The molecule has 2 aromatic heterocycles. The maximum atomic E-state index is 15.7. The summed E-state index contributed by atoms with van der Waals surface area (Å²) >= 11 is 1.16. The predicted octanol–water partition coefficient (Wildman–Crippen LogP) is 5.84. The Morgan fingerprint density at radius 1 is 1.31 bits per heavy atom. The van der Waals surface area contributed by atoms with Gasteiger partial charge in [-0.3, -0.25) is 18.9 Å². The summed E-state index contributed by atoms with van der Waals surface area (Å²) in [4.78, 5) is 32.1. The number of aromatic nitrogens is 2. The molecule has 6 nitrogen and oxygen atoms in total. The standard InChI is InChI=1S/C25H22FN3O3S.C2H6/c1-3-5-15(10-14-6-4-9-27-12-14)20-19(26)11-17-18(23(20)32-2)13-29(16-7-8-16)25-21(22(17)30)24(31)28-33-25;1-2/h3-6,9-12,16H,7-8,13H2,1-2H3,(H,28,31);1-2H3/b5-3-,15-10+;. The summed E-state index contributed by atoms with van der Waals surface area (Å²) in [6.45, 7) is 6.21. The second-order valence-corrected chi connectivity index (χ2v) is 8.88.